The first-order chi connectivity index (χ1) is 15.3. The van der Waals surface area contributed by atoms with E-state index in [4.69, 9.17) is 10.5 Å². The molecule has 0 radical (unpaired) electrons. The van der Waals surface area contributed by atoms with E-state index in [2.05, 4.69) is 20.0 Å². The van der Waals surface area contributed by atoms with Gasteiger partial charge in [-0.1, -0.05) is 19.1 Å². The lowest BCUT2D eigenvalue weighted by Crippen LogP contribution is -2.33. The lowest BCUT2D eigenvalue weighted by Gasteiger charge is -2.13. The van der Waals surface area contributed by atoms with E-state index in [0.717, 1.165) is 11.5 Å². The maximum absolute atomic E-state index is 14.0. The van der Waals surface area contributed by atoms with Crippen LogP contribution in [0, 0.1) is 24.5 Å². The summed E-state index contributed by atoms with van der Waals surface area (Å²) in [6.45, 7) is 4.07. The van der Waals surface area contributed by atoms with Gasteiger partial charge in [-0.2, -0.15) is 4.37 Å². The van der Waals surface area contributed by atoms with Crippen molar-refractivity contribution in [2.75, 3.05) is 11.9 Å². The second-order valence-electron chi connectivity index (χ2n) is 7.21. The molecular weight excluding hydrogens is 442 g/mol. The number of aromatic nitrogens is 3. The molecule has 4 N–H and O–H groups in total. The highest BCUT2D eigenvalue weighted by atomic mass is 32.1. The van der Waals surface area contributed by atoms with Crippen molar-refractivity contribution >= 4 is 28.5 Å². The highest BCUT2D eigenvalue weighted by Crippen LogP contribution is 2.31. The molecule has 2 heterocycles. The number of nitrogens with zero attached hydrogens (tertiary/aromatic N) is 3. The van der Waals surface area contributed by atoms with E-state index < -0.39 is 23.6 Å². The van der Waals surface area contributed by atoms with Crippen LogP contribution in [0.2, 0.25) is 0 Å². The van der Waals surface area contributed by atoms with E-state index in [9.17, 15) is 18.4 Å². The fraction of sp³-hybridized carbons (Fsp3) is 0.300. The first kappa shape index (κ1) is 23.1. The Bertz CT molecular complexity index is 1100. The minimum Gasteiger partial charge on any atom is -0.471 e. The van der Waals surface area contributed by atoms with Crippen molar-refractivity contribution < 1.29 is 23.1 Å². The Morgan fingerprint density at radius 3 is 2.78 bits per heavy atom. The summed E-state index contributed by atoms with van der Waals surface area (Å²) in [5, 5.41) is 5.32. The molecule has 170 valence electrons. The third-order valence-electron chi connectivity index (χ3n) is 4.55. The number of anilines is 1. The molecule has 0 saturated heterocycles. The van der Waals surface area contributed by atoms with E-state index >= 15 is 0 Å². The minimum atomic E-state index is -1.04. The van der Waals surface area contributed by atoms with Crippen LogP contribution in [0.3, 0.4) is 0 Å². The van der Waals surface area contributed by atoms with Gasteiger partial charge in [0.05, 0.1) is 6.33 Å². The smallest absolute Gasteiger partial charge is 0.319 e. The second-order valence-corrected chi connectivity index (χ2v) is 7.99. The number of hydrogen-bond donors (Lipinski definition) is 3. The highest BCUT2D eigenvalue weighted by molar-refractivity contribution is 7.11. The molecule has 0 aliphatic carbocycles. The Labute approximate surface area is 186 Å². The molecular formula is C20H22F2N6O3S. The number of nitrogens with two attached hydrogens (primary N) is 1. The topological polar surface area (TPSA) is 124 Å². The van der Waals surface area contributed by atoms with Crippen LogP contribution in [-0.4, -0.2) is 32.4 Å². The molecule has 3 rings (SSSR count). The monoisotopic (exact) mass is 464 g/mol. The summed E-state index contributed by atoms with van der Waals surface area (Å²) in [6.07, 6.45) is 5.18. The highest BCUT2D eigenvalue weighted by Gasteiger charge is 2.23. The first-order valence-corrected chi connectivity index (χ1v) is 10.4. The molecule has 12 heteroatoms. The van der Waals surface area contributed by atoms with Crippen LogP contribution in [0.25, 0.3) is 0 Å². The van der Waals surface area contributed by atoms with Gasteiger partial charge in [0.1, 0.15) is 17.2 Å². The van der Waals surface area contributed by atoms with Crippen LogP contribution in [0.4, 0.5) is 18.6 Å². The number of hydrogen-bond acceptors (Lipinski definition) is 6. The zero-order chi connectivity index (χ0) is 23.3. The van der Waals surface area contributed by atoms with Crippen molar-refractivity contribution in [1.82, 2.24) is 19.2 Å². The molecule has 0 bridgehead atoms. The van der Waals surface area contributed by atoms with Gasteiger partial charge in [-0.05, 0) is 29.9 Å². The van der Waals surface area contributed by atoms with Gasteiger partial charge < -0.3 is 20.4 Å². The number of nitrogens with one attached hydrogen (secondary N) is 2. The number of ether oxygens (including phenoxy) is 1. The molecule has 0 saturated carbocycles. The average molecular weight is 464 g/mol. The standard InChI is InChI=1S/C20H22F2N6O3S/c1-11(8-28-6-5-24-10-28)7-25-20(30)26-19-14(17(23)29)18(27-32-19)31-9-13-4-3-12(2)15(21)16(13)22/h3-6,10-11H,7-9H2,1-2H3,(H2,23,29)(H2,25,26,30). The molecule has 1 atom stereocenters. The largest absolute Gasteiger partial charge is 0.471 e. The Balaban J connectivity index is 1.61. The Morgan fingerprint density at radius 1 is 1.31 bits per heavy atom. The van der Waals surface area contributed by atoms with Crippen molar-refractivity contribution in [3.8, 4) is 5.88 Å². The van der Waals surface area contributed by atoms with E-state index in [1.807, 2.05) is 17.7 Å². The summed E-state index contributed by atoms with van der Waals surface area (Å²) < 4.78 is 39.0. The molecule has 1 aromatic carbocycles. The molecule has 1 unspecified atom stereocenters. The third-order valence-corrected chi connectivity index (χ3v) is 5.29. The normalized spacial score (nSPS) is 11.8. The summed E-state index contributed by atoms with van der Waals surface area (Å²) in [7, 11) is 0. The number of rotatable bonds is 9. The van der Waals surface area contributed by atoms with Crippen LogP contribution in [0.5, 0.6) is 5.88 Å². The zero-order valence-corrected chi connectivity index (χ0v) is 18.2. The van der Waals surface area contributed by atoms with E-state index in [1.54, 1.807) is 12.5 Å². The summed E-state index contributed by atoms with van der Waals surface area (Å²) in [5.74, 6) is -2.94. The van der Waals surface area contributed by atoms with Crippen LogP contribution >= 0.6 is 11.5 Å². The van der Waals surface area contributed by atoms with Crippen LogP contribution in [-0.2, 0) is 13.2 Å². The summed E-state index contributed by atoms with van der Waals surface area (Å²) in [6, 6.07) is 2.24. The summed E-state index contributed by atoms with van der Waals surface area (Å²) >= 11 is 0.788. The van der Waals surface area contributed by atoms with Crippen molar-refractivity contribution in [2.45, 2.75) is 27.0 Å². The van der Waals surface area contributed by atoms with E-state index in [0.29, 0.717) is 13.1 Å². The first-order valence-electron chi connectivity index (χ1n) is 9.62. The van der Waals surface area contributed by atoms with Crippen molar-refractivity contribution in [3.05, 3.63) is 59.2 Å². The van der Waals surface area contributed by atoms with Gasteiger partial charge in [-0.15, -0.1) is 0 Å². The van der Waals surface area contributed by atoms with Crippen molar-refractivity contribution in [1.29, 1.82) is 0 Å². The molecule has 3 aromatic rings. The van der Waals surface area contributed by atoms with Gasteiger partial charge in [0.15, 0.2) is 11.6 Å². The molecule has 0 aliphatic rings. The number of halogens is 2. The Morgan fingerprint density at radius 2 is 2.09 bits per heavy atom. The molecule has 0 aliphatic heterocycles. The maximum Gasteiger partial charge on any atom is 0.319 e. The molecule has 0 spiro atoms. The van der Waals surface area contributed by atoms with Crippen molar-refractivity contribution in [2.24, 2.45) is 11.7 Å². The predicted octanol–water partition coefficient (Wildman–Crippen LogP) is 3.06. The Kier molecular flexibility index (Phi) is 7.36. The quantitative estimate of drug-likeness (QED) is 0.449. The van der Waals surface area contributed by atoms with Gasteiger partial charge in [-0.3, -0.25) is 10.1 Å². The van der Waals surface area contributed by atoms with Gasteiger partial charge >= 0.3 is 6.03 Å². The molecule has 0 fully saturated rings. The molecule has 32 heavy (non-hydrogen) atoms. The number of amides is 3. The molecule has 3 amide bonds. The van der Waals surface area contributed by atoms with Gasteiger partial charge in [-0.25, -0.2) is 18.6 Å². The van der Waals surface area contributed by atoms with E-state index in [-0.39, 0.29) is 40.1 Å². The number of primary amides is 1. The average Bonchev–Trinajstić information content (AvgIpc) is 3.40. The number of carbonyl (C=O) groups is 2. The fourth-order valence-corrected chi connectivity index (χ4v) is 3.59. The maximum atomic E-state index is 14.0. The minimum absolute atomic E-state index is 0.0457. The molecule has 9 nitrogen and oxygen atoms in total. The second kappa shape index (κ2) is 10.2. The number of urea groups is 1. The molecule has 2 aromatic heterocycles. The van der Waals surface area contributed by atoms with Crippen LogP contribution in [0.1, 0.15) is 28.4 Å². The van der Waals surface area contributed by atoms with Crippen LogP contribution < -0.4 is 21.1 Å². The summed E-state index contributed by atoms with van der Waals surface area (Å²) in [5.41, 5.74) is 5.38. The van der Waals surface area contributed by atoms with E-state index in [1.165, 1.54) is 19.1 Å². The lowest BCUT2D eigenvalue weighted by atomic mass is 10.1. The fourth-order valence-electron chi connectivity index (χ4n) is 2.85. The SMILES string of the molecule is Cc1ccc(COc2nsc(NC(=O)NCC(C)Cn3ccnc3)c2C(N)=O)c(F)c1F. The number of carbonyl (C=O) groups excluding carboxylic acids is 2. The van der Waals surface area contributed by atoms with Crippen LogP contribution in [0.15, 0.2) is 30.9 Å². The van der Waals surface area contributed by atoms with Gasteiger partial charge in [0, 0.05) is 31.0 Å². The number of benzene rings is 1. The number of aryl methyl sites for hydroxylation is 1. The summed E-state index contributed by atoms with van der Waals surface area (Å²) in [4.78, 5) is 28.1. The van der Waals surface area contributed by atoms with Gasteiger partial charge in [0.25, 0.3) is 5.91 Å². The van der Waals surface area contributed by atoms with Crippen molar-refractivity contribution in [3.63, 3.8) is 0 Å². The zero-order valence-electron chi connectivity index (χ0n) is 17.4. The third kappa shape index (κ3) is 5.58. The lowest BCUT2D eigenvalue weighted by molar-refractivity contribution is 0.0996. The Hall–Kier alpha value is -3.54. The predicted molar refractivity (Wildman–Crippen MR) is 114 cm³/mol. The number of imidazole rings is 1. The van der Waals surface area contributed by atoms with Gasteiger partial charge in [0.2, 0.25) is 5.88 Å².